The van der Waals surface area contributed by atoms with Crippen LogP contribution in [0.4, 0.5) is 17.1 Å². The normalized spacial score (nSPS) is 13.2. The molecule has 1 heteroatoms. The summed E-state index contributed by atoms with van der Waals surface area (Å²) in [6.07, 6.45) is 0. The third kappa shape index (κ3) is 4.11. The molecule has 0 atom stereocenters. The molecule has 0 aromatic heterocycles. The molecule has 0 saturated carbocycles. The second kappa shape index (κ2) is 11.2. The van der Waals surface area contributed by atoms with Crippen molar-refractivity contribution in [1.82, 2.24) is 0 Å². The Morgan fingerprint density at radius 3 is 1.38 bits per heavy atom. The van der Waals surface area contributed by atoms with Crippen molar-refractivity contribution in [1.29, 1.82) is 0 Å². The summed E-state index contributed by atoms with van der Waals surface area (Å²) in [7, 11) is 0. The van der Waals surface area contributed by atoms with E-state index in [2.05, 4.69) is 205 Å². The summed E-state index contributed by atoms with van der Waals surface area (Å²) in [4.78, 5) is 2.37. The first-order chi connectivity index (χ1) is 25.8. The van der Waals surface area contributed by atoms with Crippen molar-refractivity contribution >= 4 is 38.6 Å². The Morgan fingerprint density at radius 1 is 0.269 bits per heavy atom. The van der Waals surface area contributed by atoms with Crippen molar-refractivity contribution in [2.45, 2.75) is 5.41 Å². The van der Waals surface area contributed by atoms with Gasteiger partial charge in [0.2, 0.25) is 0 Å². The van der Waals surface area contributed by atoms with Crippen molar-refractivity contribution in [2.24, 2.45) is 0 Å². The van der Waals surface area contributed by atoms with E-state index in [1.54, 1.807) is 0 Å². The van der Waals surface area contributed by atoms with E-state index in [-0.39, 0.29) is 0 Å². The van der Waals surface area contributed by atoms with Crippen LogP contribution in [0.1, 0.15) is 22.3 Å². The standard InChI is InChI=1S/C51H33N/c1-3-13-34(14-4-1)35-23-26-41(27-24-35)52(40-17-5-2-6-18-40)42-28-25-38-31-46-45-30-36-15-7-8-16-37(36)32-49(45)51(50(46)33-39(38)29-42)47-21-11-9-19-43(47)44-20-10-12-22-48(44)51/h1-33H. The molecule has 0 saturated heterocycles. The Bertz CT molecular complexity index is 2790. The van der Waals surface area contributed by atoms with Gasteiger partial charge < -0.3 is 4.90 Å². The molecule has 242 valence electrons. The molecule has 2 aliphatic rings. The van der Waals surface area contributed by atoms with Gasteiger partial charge in [0.05, 0.1) is 5.41 Å². The highest BCUT2D eigenvalue weighted by Crippen LogP contribution is 2.63. The summed E-state index contributed by atoms with van der Waals surface area (Å²) < 4.78 is 0. The minimum Gasteiger partial charge on any atom is -0.310 e. The van der Waals surface area contributed by atoms with E-state index < -0.39 is 5.41 Å². The van der Waals surface area contributed by atoms with Crippen LogP contribution in [0.5, 0.6) is 0 Å². The summed E-state index contributed by atoms with van der Waals surface area (Å²) in [5.41, 5.74) is 16.2. The van der Waals surface area contributed by atoms with E-state index in [9.17, 15) is 0 Å². The van der Waals surface area contributed by atoms with Crippen LogP contribution in [0.3, 0.4) is 0 Å². The monoisotopic (exact) mass is 659 g/mol. The number of hydrogen-bond acceptors (Lipinski definition) is 1. The molecule has 0 heterocycles. The van der Waals surface area contributed by atoms with E-state index >= 15 is 0 Å². The molecular formula is C51H33N. The Balaban J connectivity index is 1.15. The highest BCUT2D eigenvalue weighted by atomic mass is 15.1. The molecule has 0 unspecified atom stereocenters. The van der Waals surface area contributed by atoms with Crippen LogP contribution in [-0.2, 0) is 5.41 Å². The second-order valence-electron chi connectivity index (χ2n) is 14.1. The molecule has 1 spiro atoms. The largest absolute Gasteiger partial charge is 0.310 e. The quantitative estimate of drug-likeness (QED) is 0.182. The first-order valence-electron chi connectivity index (χ1n) is 18.1. The number of hydrogen-bond donors (Lipinski definition) is 0. The van der Waals surface area contributed by atoms with Crippen molar-refractivity contribution in [3.63, 3.8) is 0 Å². The van der Waals surface area contributed by atoms with E-state index in [4.69, 9.17) is 0 Å². The van der Waals surface area contributed by atoms with E-state index in [1.165, 1.54) is 77.2 Å². The molecule has 9 aromatic rings. The van der Waals surface area contributed by atoms with Crippen molar-refractivity contribution in [3.05, 3.63) is 222 Å². The maximum atomic E-state index is 2.50. The second-order valence-corrected chi connectivity index (χ2v) is 14.1. The van der Waals surface area contributed by atoms with Crippen molar-refractivity contribution in [3.8, 4) is 33.4 Å². The lowest BCUT2D eigenvalue weighted by Gasteiger charge is -2.31. The number of rotatable bonds is 4. The zero-order valence-corrected chi connectivity index (χ0v) is 28.5. The average molecular weight is 660 g/mol. The molecule has 0 radical (unpaired) electrons. The Hall–Kier alpha value is -6.70. The third-order valence-electron chi connectivity index (χ3n) is 11.4. The molecule has 1 nitrogen and oxygen atoms in total. The Labute approximate surface area is 303 Å². The maximum absolute atomic E-state index is 2.50. The first-order valence-corrected chi connectivity index (χ1v) is 18.1. The molecule has 0 bridgehead atoms. The molecule has 0 N–H and O–H groups in total. The molecule has 0 aliphatic heterocycles. The predicted octanol–water partition coefficient (Wildman–Crippen LogP) is 13.5. The molecule has 11 rings (SSSR count). The number of nitrogens with zero attached hydrogens (tertiary/aromatic N) is 1. The fraction of sp³-hybridized carbons (Fsp3) is 0.0196. The van der Waals surface area contributed by atoms with Gasteiger partial charge in [0.1, 0.15) is 0 Å². The Morgan fingerprint density at radius 2 is 0.731 bits per heavy atom. The van der Waals surface area contributed by atoms with Crippen LogP contribution < -0.4 is 4.90 Å². The summed E-state index contributed by atoms with van der Waals surface area (Å²) in [6.45, 7) is 0. The minimum absolute atomic E-state index is 0.404. The van der Waals surface area contributed by atoms with E-state index in [1.807, 2.05) is 0 Å². The molecule has 0 amide bonds. The van der Waals surface area contributed by atoms with E-state index in [0.717, 1.165) is 17.1 Å². The van der Waals surface area contributed by atoms with Gasteiger partial charge in [0.15, 0.2) is 0 Å². The first kappa shape index (κ1) is 29.1. The topological polar surface area (TPSA) is 3.24 Å². The number of para-hydroxylation sites is 1. The van der Waals surface area contributed by atoms with E-state index in [0.29, 0.717) is 0 Å². The summed E-state index contributed by atoms with van der Waals surface area (Å²) >= 11 is 0. The smallest absolute Gasteiger partial charge is 0.0725 e. The van der Waals surface area contributed by atoms with Crippen molar-refractivity contribution in [2.75, 3.05) is 4.90 Å². The van der Waals surface area contributed by atoms with Gasteiger partial charge in [-0.15, -0.1) is 0 Å². The lowest BCUT2D eigenvalue weighted by Crippen LogP contribution is -2.25. The molecule has 2 aliphatic carbocycles. The SMILES string of the molecule is c1ccc(-c2ccc(N(c3ccccc3)c3ccc4cc5c(cc4c3)C3(c4ccccc4-c4ccccc43)c3cc4ccccc4cc3-5)cc2)cc1. The third-order valence-corrected chi connectivity index (χ3v) is 11.4. The van der Waals surface area contributed by atoms with Gasteiger partial charge in [-0.3, -0.25) is 0 Å². The number of benzene rings is 9. The van der Waals surface area contributed by atoms with Crippen LogP contribution in [0.2, 0.25) is 0 Å². The minimum atomic E-state index is -0.404. The van der Waals surface area contributed by atoms with Gasteiger partial charge >= 0.3 is 0 Å². The van der Waals surface area contributed by atoms with Gasteiger partial charge in [-0.1, -0.05) is 140 Å². The van der Waals surface area contributed by atoms with Gasteiger partial charge in [-0.25, -0.2) is 0 Å². The van der Waals surface area contributed by atoms with Crippen LogP contribution in [0.25, 0.3) is 54.9 Å². The van der Waals surface area contributed by atoms with Crippen LogP contribution in [-0.4, -0.2) is 0 Å². The predicted molar refractivity (Wildman–Crippen MR) is 218 cm³/mol. The number of fused-ring (bicyclic) bond motifs is 12. The maximum Gasteiger partial charge on any atom is 0.0725 e. The molecule has 52 heavy (non-hydrogen) atoms. The highest BCUT2D eigenvalue weighted by molar-refractivity contribution is 6.04. The molecule has 0 fully saturated rings. The van der Waals surface area contributed by atoms with Gasteiger partial charge in [0.25, 0.3) is 0 Å². The molecule has 9 aromatic carbocycles. The molecular weight excluding hydrogens is 627 g/mol. The summed E-state index contributed by atoms with van der Waals surface area (Å²) in [5.74, 6) is 0. The zero-order chi connectivity index (χ0) is 34.2. The lowest BCUT2D eigenvalue weighted by atomic mass is 9.70. The summed E-state index contributed by atoms with van der Waals surface area (Å²) in [6, 6.07) is 74.0. The zero-order valence-electron chi connectivity index (χ0n) is 28.5. The van der Waals surface area contributed by atoms with Gasteiger partial charge in [0, 0.05) is 17.1 Å². The van der Waals surface area contributed by atoms with Crippen LogP contribution >= 0.6 is 0 Å². The fourth-order valence-electron chi connectivity index (χ4n) is 9.15. The van der Waals surface area contributed by atoms with Crippen LogP contribution in [0, 0.1) is 0 Å². The van der Waals surface area contributed by atoms with Crippen LogP contribution in [0.15, 0.2) is 200 Å². The lowest BCUT2D eigenvalue weighted by molar-refractivity contribution is 0.796. The van der Waals surface area contributed by atoms with Crippen molar-refractivity contribution < 1.29 is 0 Å². The highest BCUT2D eigenvalue weighted by Gasteiger charge is 2.51. The summed E-state index contributed by atoms with van der Waals surface area (Å²) in [5, 5.41) is 5.03. The average Bonchev–Trinajstić information content (AvgIpc) is 3.66. The number of anilines is 3. The van der Waals surface area contributed by atoms with Gasteiger partial charge in [-0.2, -0.15) is 0 Å². The van der Waals surface area contributed by atoms with Gasteiger partial charge in [-0.05, 0) is 138 Å². The Kier molecular flexibility index (Phi) is 6.23. The fourth-order valence-corrected chi connectivity index (χ4v) is 9.15.